The Kier molecular flexibility index (Phi) is 5.05. The molecule has 2 aromatic heterocycles. The van der Waals surface area contributed by atoms with Crippen LogP contribution in [0.25, 0.3) is 16.9 Å². The SMILES string of the molecule is Cc1ccc(-n2ncc(C(=O)Nc3nc(-c4ccc5c(c4)OCO5)cs3)c2C(F)(F)F)cc1. The summed E-state index contributed by atoms with van der Waals surface area (Å²) < 4.78 is 52.9. The summed E-state index contributed by atoms with van der Waals surface area (Å²) in [7, 11) is 0. The molecule has 2 aromatic carbocycles. The number of carbonyl (C=O) groups is 1. The molecule has 0 unspecified atom stereocenters. The van der Waals surface area contributed by atoms with Crippen molar-refractivity contribution < 1.29 is 27.4 Å². The lowest BCUT2D eigenvalue weighted by Gasteiger charge is -2.12. The maximum atomic E-state index is 13.9. The molecule has 0 fully saturated rings. The van der Waals surface area contributed by atoms with Crippen LogP contribution in [0.2, 0.25) is 0 Å². The minimum absolute atomic E-state index is 0.134. The molecule has 0 radical (unpaired) electrons. The first-order valence-corrected chi connectivity index (χ1v) is 10.6. The van der Waals surface area contributed by atoms with Crippen LogP contribution < -0.4 is 14.8 Å². The van der Waals surface area contributed by atoms with E-state index in [0.717, 1.165) is 28.7 Å². The Labute approximate surface area is 189 Å². The van der Waals surface area contributed by atoms with Gasteiger partial charge < -0.3 is 9.47 Å². The highest BCUT2D eigenvalue weighted by molar-refractivity contribution is 7.14. The molecular weight excluding hydrogens is 457 g/mol. The van der Waals surface area contributed by atoms with Gasteiger partial charge in [-0.3, -0.25) is 10.1 Å². The molecule has 1 amide bonds. The smallest absolute Gasteiger partial charge is 0.434 e. The van der Waals surface area contributed by atoms with Gasteiger partial charge in [-0.1, -0.05) is 17.7 Å². The van der Waals surface area contributed by atoms with E-state index in [0.29, 0.717) is 21.9 Å². The van der Waals surface area contributed by atoms with Crippen molar-refractivity contribution >= 4 is 22.4 Å². The van der Waals surface area contributed by atoms with E-state index in [1.165, 1.54) is 12.1 Å². The van der Waals surface area contributed by atoms with Crippen molar-refractivity contribution in [3.8, 4) is 28.4 Å². The fourth-order valence-electron chi connectivity index (χ4n) is 3.35. The lowest BCUT2D eigenvalue weighted by atomic mass is 10.1. The van der Waals surface area contributed by atoms with Gasteiger partial charge in [-0.2, -0.15) is 18.3 Å². The highest BCUT2D eigenvalue weighted by Crippen LogP contribution is 2.37. The second-order valence-corrected chi connectivity index (χ2v) is 8.07. The van der Waals surface area contributed by atoms with Gasteiger partial charge in [0.1, 0.15) is 0 Å². The number of nitrogens with zero attached hydrogens (tertiary/aromatic N) is 3. The average Bonchev–Trinajstić information content (AvgIpc) is 3.52. The first kappa shape index (κ1) is 21.0. The predicted molar refractivity (Wildman–Crippen MR) is 115 cm³/mol. The Bertz CT molecular complexity index is 1350. The second kappa shape index (κ2) is 7.93. The van der Waals surface area contributed by atoms with Crippen molar-refractivity contribution in [1.82, 2.24) is 14.8 Å². The monoisotopic (exact) mass is 472 g/mol. The Hall–Kier alpha value is -3.86. The van der Waals surface area contributed by atoms with Crippen LogP contribution in [0.4, 0.5) is 18.3 Å². The number of rotatable bonds is 4. The van der Waals surface area contributed by atoms with Crippen LogP contribution in [0.1, 0.15) is 21.6 Å². The van der Waals surface area contributed by atoms with Crippen LogP contribution in [-0.2, 0) is 6.18 Å². The van der Waals surface area contributed by atoms with E-state index in [1.54, 1.807) is 35.7 Å². The van der Waals surface area contributed by atoms with Crippen molar-refractivity contribution in [2.24, 2.45) is 0 Å². The molecule has 3 heterocycles. The van der Waals surface area contributed by atoms with Crippen molar-refractivity contribution in [2.45, 2.75) is 13.1 Å². The van der Waals surface area contributed by atoms with Gasteiger partial charge in [-0.05, 0) is 37.3 Å². The highest BCUT2D eigenvalue weighted by Gasteiger charge is 2.40. The number of anilines is 1. The van der Waals surface area contributed by atoms with E-state index < -0.39 is 23.3 Å². The summed E-state index contributed by atoms with van der Waals surface area (Å²) in [5.74, 6) is 0.240. The number of halogens is 3. The Morgan fingerprint density at radius 3 is 2.64 bits per heavy atom. The number of hydrogen-bond acceptors (Lipinski definition) is 6. The van der Waals surface area contributed by atoms with Gasteiger partial charge in [-0.25, -0.2) is 9.67 Å². The Morgan fingerprint density at radius 2 is 1.88 bits per heavy atom. The summed E-state index contributed by atoms with van der Waals surface area (Å²) in [6, 6.07) is 11.6. The van der Waals surface area contributed by atoms with Gasteiger partial charge in [0.15, 0.2) is 22.3 Å². The number of amides is 1. The maximum Gasteiger partial charge on any atom is 0.434 e. The van der Waals surface area contributed by atoms with E-state index in [-0.39, 0.29) is 17.6 Å². The van der Waals surface area contributed by atoms with Gasteiger partial charge in [0.25, 0.3) is 5.91 Å². The largest absolute Gasteiger partial charge is 0.454 e. The van der Waals surface area contributed by atoms with Crippen molar-refractivity contribution in [3.63, 3.8) is 0 Å². The quantitative estimate of drug-likeness (QED) is 0.436. The third-order valence-corrected chi connectivity index (χ3v) is 5.71. The third-order valence-electron chi connectivity index (χ3n) is 4.95. The molecule has 0 aliphatic carbocycles. The Balaban J connectivity index is 1.42. The number of ether oxygens (including phenoxy) is 2. The predicted octanol–water partition coefficient (Wildman–Crippen LogP) is 5.30. The van der Waals surface area contributed by atoms with Crippen LogP contribution in [0.5, 0.6) is 11.5 Å². The molecule has 0 bridgehead atoms. The van der Waals surface area contributed by atoms with Gasteiger partial charge in [0, 0.05) is 10.9 Å². The lowest BCUT2D eigenvalue weighted by molar-refractivity contribution is -0.143. The fraction of sp³-hybridized carbons (Fsp3) is 0.136. The fourth-order valence-corrected chi connectivity index (χ4v) is 4.07. The normalized spacial score (nSPS) is 12.7. The molecule has 33 heavy (non-hydrogen) atoms. The molecular formula is C22H15F3N4O3S. The molecule has 1 N–H and O–H groups in total. The number of hydrogen-bond donors (Lipinski definition) is 1. The molecule has 168 valence electrons. The number of carbonyl (C=O) groups excluding carboxylic acids is 1. The number of thiazole rings is 1. The van der Waals surface area contributed by atoms with Crippen molar-refractivity contribution in [1.29, 1.82) is 0 Å². The van der Waals surface area contributed by atoms with E-state index in [9.17, 15) is 18.0 Å². The lowest BCUT2D eigenvalue weighted by Crippen LogP contribution is -2.20. The van der Waals surface area contributed by atoms with Gasteiger partial charge in [0.05, 0.1) is 23.1 Å². The summed E-state index contributed by atoms with van der Waals surface area (Å²) in [5, 5.41) is 8.12. The van der Waals surface area contributed by atoms with Crippen LogP contribution in [-0.4, -0.2) is 27.5 Å². The zero-order chi connectivity index (χ0) is 23.2. The van der Waals surface area contributed by atoms with E-state index in [2.05, 4.69) is 15.4 Å². The van der Waals surface area contributed by atoms with Gasteiger partial charge in [-0.15, -0.1) is 11.3 Å². The molecule has 0 saturated carbocycles. The number of fused-ring (bicyclic) bond motifs is 1. The third kappa shape index (κ3) is 4.02. The average molecular weight is 472 g/mol. The van der Waals surface area contributed by atoms with Crippen LogP contribution >= 0.6 is 11.3 Å². The number of nitrogens with one attached hydrogen (secondary N) is 1. The summed E-state index contributed by atoms with van der Waals surface area (Å²) in [4.78, 5) is 17.1. The standard InChI is InChI=1S/C22H15F3N4O3S/c1-12-2-5-14(6-3-12)29-19(22(23,24)25)15(9-26-29)20(30)28-21-27-16(10-33-21)13-4-7-17-18(8-13)32-11-31-17/h2-10H,11H2,1H3,(H,27,28,30). The topological polar surface area (TPSA) is 78.3 Å². The van der Waals surface area contributed by atoms with E-state index in [1.807, 2.05) is 6.92 Å². The first-order chi connectivity index (χ1) is 15.8. The summed E-state index contributed by atoms with van der Waals surface area (Å²) >= 11 is 1.10. The van der Waals surface area contributed by atoms with Crippen molar-refractivity contribution in [3.05, 3.63) is 70.9 Å². The van der Waals surface area contributed by atoms with Gasteiger partial charge >= 0.3 is 6.18 Å². The molecule has 0 spiro atoms. The number of alkyl halides is 3. The minimum Gasteiger partial charge on any atom is -0.454 e. The number of aryl methyl sites for hydroxylation is 1. The van der Waals surface area contributed by atoms with Gasteiger partial charge in [0.2, 0.25) is 6.79 Å². The number of benzene rings is 2. The van der Waals surface area contributed by atoms with Crippen LogP contribution in [0, 0.1) is 6.92 Å². The molecule has 0 atom stereocenters. The number of aromatic nitrogens is 3. The van der Waals surface area contributed by atoms with Crippen molar-refractivity contribution in [2.75, 3.05) is 12.1 Å². The summed E-state index contributed by atoms with van der Waals surface area (Å²) in [6.07, 6.45) is -3.89. The molecule has 0 saturated heterocycles. The first-order valence-electron chi connectivity index (χ1n) is 9.69. The highest BCUT2D eigenvalue weighted by atomic mass is 32.1. The zero-order valence-corrected chi connectivity index (χ0v) is 17.8. The molecule has 1 aliphatic rings. The molecule has 5 rings (SSSR count). The molecule has 11 heteroatoms. The Morgan fingerprint density at radius 1 is 1.12 bits per heavy atom. The van der Waals surface area contributed by atoms with Crippen LogP contribution in [0.15, 0.2) is 54.0 Å². The maximum absolute atomic E-state index is 13.9. The molecule has 4 aromatic rings. The summed E-state index contributed by atoms with van der Waals surface area (Å²) in [5.41, 5.74) is 0.601. The van der Waals surface area contributed by atoms with Crippen LogP contribution in [0.3, 0.4) is 0 Å². The summed E-state index contributed by atoms with van der Waals surface area (Å²) in [6.45, 7) is 1.96. The molecule has 1 aliphatic heterocycles. The van der Waals surface area contributed by atoms with E-state index >= 15 is 0 Å². The minimum atomic E-state index is -4.80. The van der Waals surface area contributed by atoms with E-state index in [4.69, 9.17) is 9.47 Å². The molecule has 7 nitrogen and oxygen atoms in total. The zero-order valence-electron chi connectivity index (χ0n) is 17.0. The second-order valence-electron chi connectivity index (χ2n) is 7.21.